The molecule has 1 heterocycles. The van der Waals surface area contributed by atoms with Crippen molar-refractivity contribution in [3.63, 3.8) is 0 Å². The summed E-state index contributed by atoms with van der Waals surface area (Å²) in [5.41, 5.74) is 2.06. The Balaban J connectivity index is 2.19. The SMILES string of the molecule is CNCCCn1c(-c2ccccc2)nc2ccccc2c1=S. The number of nitrogens with zero attached hydrogens (tertiary/aromatic N) is 2. The zero-order valence-corrected chi connectivity index (χ0v) is 13.4. The van der Waals surface area contributed by atoms with Crippen molar-refractivity contribution >= 4 is 23.1 Å². The van der Waals surface area contributed by atoms with Crippen LogP contribution in [-0.4, -0.2) is 23.1 Å². The third-order valence-electron chi connectivity index (χ3n) is 3.70. The number of benzene rings is 2. The van der Waals surface area contributed by atoms with Crippen molar-refractivity contribution in [2.45, 2.75) is 13.0 Å². The van der Waals surface area contributed by atoms with E-state index in [1.165, 1.54) is 0 Å². The van der Waals surface area contributed by atoms with Gasteiger partial charge in [-0.3, -0.25) is 0 Å². The van der Waals surface area contributed by atoms with Gasteiger partial charge in [0, 0.05) is 17.5 Å². The molecule has 0 aliphatic rings. The number of hydrogen-bond acceptors (Lipinski definition) is 3. The molecule has 0 atom stereocenters. The van der Waals surface area contributed by atoms with Crippen LogP contribution in [0.25, 0.3) is 22.3 Å². The Morgan fingerprint density at radius 2 is 1.77 bits per heavy atom. The first-order chi connectivity index (χ1) is 10.8. The molecule has 0 saturated carbocycles. The van der Waals surface area contributed by atoms with Gasteiger partial charge in [-0.2, -0.15) is 0 Å². The van der Waals surface area contributed by atoms with Crippen molar-refractivity contribution in [2.24, 2.45) is 0 Å². The Hall–Kier alpha value is -2.04. The number of para-hydroxylation sites is 1. The van der Waals surface area contributed by atoms with E-state index < -0.39 is 0 Å². The summed E-state index contributed by atoms with van der Waals surface area (Å²) in [4.78, 5) is 4.86. The minimum Gasteiger partial charge on any atom is -0.320 e. The lowest BCUT2D eigenvalue weighted by Crippen LogP contribution is -2.14. The minimum atomic E-state index is 0.862. The van der Waals surface area contributed by atoms with Crippen LogP contribution in [0.5, 0.6) is 0 Å². The monoisotopic (exact) mass is 309 g/mol. The van der Waals surface area contributed by atoms with Crippen LogP contribution in [0.4, 0.5) is 0 Å². The van der Waals surface area contributed by atoms with E-state index in [4.69, 9.17) is 17.2 Å². The highest BCUT2D eigenvalue weighted by Gasteiger charge is 2.09. The second-order valence-corrected chi connectivity index (χ2v) is 5.62. The Labute approximate surface area is 135 Å². The number of fused-ring (bicyclic) bond motifs is 1. The molecule has 3 nitrogen and oxygen atoms in total. The maximum Gasteiger partial charge on any atom is 0.141 e. The van der Waals surface area contributed by atoms with Gasteiger partial charge in [0.2, 0.25) is 0 Å². The molecule has 0 amide bonds. The average molecular weight is 309 g/mol. The average Bonchev–Trinajstić information content (AvgIpc) is 2.57. The van der Waals surface area contributed by atoms with E-state index in [9.17, 15) is 0 Å². The first kappa shape index (κ1) is 14.9. The van der Waals surface area contributed by atoms with Gasteiger partial charge >= 0.3 is 0 Å². The van der Waals surface area contributed by atoms with E-state index in [1.54, 1.807) is 0 Å². The van der Waals surface area contributed by atoms with Crippen LogP contribution < -0.4 is 5.32 Å². The molecule has 0 aliphatic carbocycles. The molecule has 0 aliphatic heterocycles. The summed E-state index contributed by atoms with van der Waals surface area (Å²) >= 11 is 5.73. The van der Waals surface area contributed by atoms with Gasteiger partial charge in [-0.05, 0) is 32.1 Å². The van der Waals surface area contributed by atoms with Crippen molar-refractivity contribution in [2.75, 3.05) is 13.6 Å². The Bertz CT molecular complexity index is 825. The molecule has 0 saturated heterocycles. The smallest absolute Gasteiger partial charge is 0.141 e. The number of hydrogen-bond donors (Lipinski definition) is 1. The van der Waals surface area contributed by atoms with Crippen LogP contribution in [0.15, 0.2) is 54.6 Å². The topological polar surface area (TPSA) is 29.9 Å². The second kappa shape index (κ2) is 6.81. The molecule has 3 aromatic rings. The summed E-state index contributed by atoms with van der Waals surface area (Å²) in [7, 11) is 1.97. The van der Waals surface area contributed by atoms with Gasteiger partial charge in [0.1, 0.15) is 10.5 Å². The lowest BCUT2D eigenvalue weighted by atomic mass is 10.2. The van der Waals surface area contributed by atoms with Crippen LogP contribution in [-0.2, 0) is 6.54 Å². The van der Waals surface area contributed by atoms with E-state index in [-0.39, 0.29) is 0 Å². The fraction of sp³-hybridized carbons (Fsp3) is 0.222. The van der Waals surface area contributed by atoms with E-state index in [0.29, 0.717) is 0 Å². The second-order valence-electron chi connectivity index (χ2n) is 5.23. The largest absolute Gasteiger partial charge is 0.320 e. The molecular weight excluding hydrogens is 290 g/mol. The Kier molecular flexibility index (Phi) is 4.61. The molecule has 2 aromatic carbocycles. The molecule has 1 N–H and O–H groups in total. The molecule has 3 rings (SSSR count). The van der Waals surface area contributed by atoms with E-state index >= 15 is 0 Å². The molecule has 4 heteroatoms. The zero-order valence-electron chi connectivity index (χ0n) is 12.6. The van der Waals surface area contributed by atoms with Crippen molar-refractivity contribution in [1.82, 2.24) is 14.9 Å². The maximum absolute atomic E-state index is 5.73. The van der Waals surface area contributed by atoms with E-state index in [2.05, 4.69) is 22.0 Å². The van der Waals surface area contributed by atoms with Gasteiger partial charge in [-0.15, -0.1) is 0 Å². The van der Waals surface area contributed by atoms with Gasteiger partial charge < -0.3 is 9.88 Å². The maximum atomic E-state index is 5.73. The van der Waals surface area contributed by atoms with Gasteiger partial charge in [0.25, 0.3) is 0 Å². The quantitative estimate of drug-likeness (QED) is 0.570. The summed E-state index contributed by atoms with van der Waals surface area (Å²) in [5, 5.41) is 4.23. The van der Waals surface area contributed by atoms with Crippen molar-refractivity contribution in [3.8, 4) is 11.4 Å². The molecule has 0 radical (unpaired) electrons. The summed E-state index contributed by atoms with van der Waals surface area (Å²) in [5.74, 6) is 0.945. The summed E-state index contributed by atoms with van der Waals surface area (Å²) in [6.07, 6.45) is 1.02. The number of nitrogens with one attached hydrogen (secondary N) is 1. The van der Waals surface area contributed by atoms with E-state index in [1.807, 2.05) is 49.5 Å². The third kappa shape index (κ3) is 2.93. The van der Waals surface area contributed by atoms with Gasteiger partial charge in [0.15, 0.2) is 0 Å². The molecule has 0 fully saturated rings. The van der Waals surface area contributed by atoms with Crippen LogP contribution in [0, 0.1) is 4.64 Å². The van der Waals surface area contributed by atoms with Crippen molar-refractivity contribution in [3.05, 3.63) is 59.2 Å². The number of rotatable bonds is 5. The highest BCUT2D eigenvalue weighted by Crippen LogP contribution is 2.23. The highest BCUT2D eigenvalue weighted by atomic mass is 32.1. The molecule has 0 spiro atoms. The van der Waals surface area contributed by atoms with Crippen LogP contribution >= 0.6 is 12.2 Å². The van der Waals surface area contributed by atoms with Gasteiger partial charge in [0.05, 0.1) is 5.52 Å². The van der Waals surface area contributed by atoms with Crippen molar-refractivity contribution in [1.29, 1.82) is 0 Å². The van der Waals surface area contributed by atoms with Crippen LogP contribution in [0.3, 0.4) is 0 Å². The Morgan fingerprint density at radius 3 is 2.55 bits per heavy atom. The van der Waals surface area contributed by atoms with E-state index in [0.717, 1.165) is 46.4 Å². The first-order valence-corrected chi connectivity index (χ1v) is 7.91. The van der Waals surface area contributed by atoms with Crippen LogP contribution in [0.2, 0.25) is 0 Å². The fourth-order valence-corrected chi connectivity index (χ4v) is 2.95. The molecule has 22 heavy (non-hydrogen) atoms. The van der Waals surface area contributed by atoms with Gasteiger partial charge in [-0.1, -0.05) is 54.7 Å². The summed E-state index contributed by atoms with van der Waals surface area (Å²) < 4.78 is 3.02. The lowest BCUT2D eigenvalue weighted by molar-refractivity contribution is 0.607. The molecular formula is C18H19N3S. The molecule has 0 unspecified atom stereocenters. The number of aromatic nitrogens is 2. The van der Waals surface area contributed by atoms with Gasteiger partial charge in [-0.25, -0.2) is 4.98 Å². The van der Waals surface area contributed by atoms with Crippen molar-refractivity contribution < 1.29 is 0 Å². The predicted molar refractivity (Wildman–Crippen MR) is 94.5 cm³/mol. The fourth-order valence-electron chi connectivity index (χ4n) is 2.60. The molecule has 0 bridgehead atoms. The third-order valence-corrected chi connectivity index (χ3v) is 4.14. The predicted octanol–water partition coefficient (Wildman–Crippen LogP) is 4.04. The summed E-state index contributed by atoms with van der Waals surface area (Å²) in [6.45, 7) is 1.82. The zero-order chi connectivity index (χ0) is 15.4. The first-order valence-electron chi connectivity index (χ1n) is 7.51. The Morgan fingerprint density at radius 1 is 1.05 bits per heavy atom. The standard InChI is InChI=1S/C18H19N3S/c1-19-12-7-13-21-17(14-8-3-2-4-9-14)20-16-11-6-5-10-15(16)18(21)22/h2-6,8-11,19H,7,12-13H2,1H3. The summed E-state index contributed by atoms with van der Waals surface area (Å²) in [6, 6.07) is 18.3. The molecule has 112 valence electrons. The highest BCUT2D eigenvalue weighted by molar-refractivity contribution is 7.71. The normalized spacial score (nSPS) is 11.0. The molecule has 1 aromatic heterocycles. The van der Waals surface area contributed by atoms with Crippen LogP contribution in [0.1, 0.15) is 6.42 Å². The lowest BCUT2D eigenvalue weighted by Gasteiger charge is -2.15. The minimum absolute atomic E-state index is 0.862.